The molecule has 0 spiro atoms. The van der Waals surface area contributed by atoms with E-state index in [1.165, 1.54) is 11.1 Å². The van der Waals surface area contributed by atoms with E-state index in [0.717, 1.165) is 16.8 Å². The summed E-state index contributed by atoms with van der Waals surface area (Å²) in [6.07, 6.45) is 0.449. The van der Waals surface area contributed by atoms with Gasteiger partial charge in [0.15, 0.2) is 5.58 Å². The maximum atomic E-state index is 11.5. The van der Waals surface area contributed by atoms with E-state index in [1.807, 2.05) is 25.1 Å². The maximum absolute atomic E-state index is 11.5. The fourth-order valence-electron chi connectivity index (χ4n) is 2.48. The quantitative estimate of drug-likeness (QED) is 0.776. The van der Waals surface area contributed by atoms with Gasteiger partial charge in [0.25, 0.3) is 0 Å². The number of nitrogens with zero attached hydrogens (tertiary/aromatic N) is 1. The standard InChI is InChI=1S/C18H18N2O2/c1-4-17(21)19-14-5-6-16-15(10-14)20-18(22-16)13-8-11(2)7-12(3)9-13/h5-10H,4H2,1-3H3,(H,19,21). The van der Waals surface area contributed by atoms with Crippen molar-refractivity contribution in [2.24, 2.45) is 0 Å². The highest BCUT2D eigenvalue weighted by Crippen LogP contribution is 2.27. The van der Waals surface area contributed by atoms with Crippen molar-refractivity contribution < 1.29 is 9.21 Å². The molecule has 0 unspecified atom stereocenters. The summed E-state index contributed by atoms with van der Waals surface area (Å²) in [6.45, 7) is 5.93. The molecule has 0 bridgehead atoms. The van der Waals surface area contributed by atoms with E-state index >= 15 is 0 Å². The molecule has 2 aromatic carbocycles. The highest BCUT2D eigenvalue weighted by Gasteiger charge is 2.10. The zero-order valence-electron chi connectivity index (χ0n) is 12.9. The van der Waals surface area contributed by atoms with Crippen LogP contribution in [0.3, 0.4) is 0 Å². The molecular formula is C18H18N2O2. The average Bonchev–Trinajstić information content (AvgIpc) is 2.89. The number of carbonyl (C=O) groups is 1. The Hall–Kier alpha value is -2.62. The number of rotatable bonds is 3. The third kappa shape index (κ3) is 2.86. The number of anilines is 1. The number of amides is 1. The van der Waals surface area contributed by atoms with Crippen molar-refractivity contribution in [3.63, 3.8) is 0 Å². The summed E-state index contributed by atoms with van der Waals surface area (Å²) in [6, 6.07) is 11.7. The molecule has 0 saturated carbocycles. The van der Waals surface area contributed by atoms with Gasteiger partial charge in [-0.05, 0) is 44.2 Å². The van der Waals surface area contributed by atoms with Gasteiger partial charge < -0.3 is 9.73 Å². The lowest BCUT2D eigenvalue weighted by Crippen LogP contribution is -2.08. The Labute approximate surface area is 129 Å². The molecule has 1 N–H and O–H groups in total. The van der Waals surface area contributed by atoms with Crippen LogP contribution in [0.1, 0.15) is 24.5 Å². The van der Waals surface area contributed by atoms with Crippen molar-refractivity contribution in [2.75, 3.05) is 5.32 Å². The van der Waals surface area contributed by atoms with Crippen LogP contribution >= 0.6 is 0 Å². The first kappa shape index (κ1) is 14.3. The molecule has 0 fully saturated rings. The number of fused-ring (bicyclic) bond motifs is 1. The van der Waals surface area contributed by atoms with Gasteiger partial charge in [0.1, 0.15) is 5.52 Å². The largest absolute Gasteiger partial charge is 0.436 e. The van der Waals surface area contributed by atoms with Crippen molar-refractivity contribution in [1.29, 1.82) is 0 Å². The lowest BCUT2D eigenvalue weighted by Gasteiger charge is -2.01. The summed E-state index contributed by atoms with van der Waals surface area (Å²) in [5.74, 6) is 0.582. The van der Waals surface area contributed by atoms with Gasteiger partial charge in [-0.15, -0.1) is 0 Å². The normalized spacial score (nSPS) is 10.9. The topological polar surface area (TPSA) is 55.1 Å². The Kier molecular flexibility index (Phi) is 3.67. The highest BCUT2D eigenvalue weighted by atomic mass is 16.3. The lowest BCUT2D eigenvalue weighted by atomic mass is 10.1. The van der Waals surface area contributed by atoms with Crippen LogP contribution in [0.5, 0.6) is 0 Å². The number of aryl methyl sites for hydroxylation is 2. The molecule has 1 amide bonds. The Morgan fingerprint density at radius 1 is 1.14 bits per heavy atom. The predicted octanol–water partition coefficient (Wildman–Crippen LogP) is 4.46. The predicted molar refractivity (Wildman–Crippen MR) is 87.8 cm³/mol. The molecule has 4 nitrogen and oxygen atoms in total. The summed E-state index contributed by atoms with van der Waals surface area (Å²) >= 11 is 0. The molecule has 22 heavy (non-hydrogen) atoms. The van der Waals surface area contributed by atoms with Gasteiger partial charge in [-0.2, -0.15) is 0 Å². The van der Waals surface area contributed by atoms with Crippen molar-refractivity contribution in [2.45, 2.75) is 27.2 Å². The van der Waals surface area contributed by atoms with E-state index in [9.17, 15) is 4.79 Å². The van der Waals surface area contributed by atoms with Crippen LogP contribution in [0.15, 0.2) is 40.8 Å². The Morgan fingerprint density at radius 2 is 1.86 bits per heavy atom. The molecule has 0 aliphatic heterocycles. The molecule has 0 saturated heterocycles. The molecule has 112 valence electrons. The summed E-state index contributed by atoms with van der Waals surface area (Å²) in [4.78, 5) is 16.0. The number of aromatic nitrogens is 1. The molecule has 4 heteroatoms. The zero-order valence-corrected chi connectivity index (χ0v) is 12.9. The van der Waals surface area contributed by atoms with Gasteiger partial charge in [-0.25, -0.2) is 4.98 Å². The minimum Gasteiger partial charge on any atom is -0.436 e. The summed E-state index contributed by atoms with van der Waals surface area (Å²) in [5, 5.41) is 2.83. The second-order valence-corrected chi connectivity index (χ2v) is 5.48. The molecule has 0 radical (unpaired) electrons. The third-order valence-corrected chi connectivity index (χ3v) is 3.46. The fraction of sp³-hybridized carbons (Fsp3) is 0.222. The Balaban J connectivity index is 2.00. The van der Waals surface area contributed by atoms with Crippen LogP contribution in [-0.2, 0) is 4.79 Å². The zero-order chi connectivity index (χ0) is 15.7. The van der Waals surface area contributed by atoms with Gasteiger partial charge in [0.2, 0.25) is 11.8 Å². The van der Waals surface area contributed by atoms with E-state index in [-0.39, 0.29) is 5.91 Å². The van der Waals surface area contributed by atoms with Crippen LogP contribution in [-0.4, -0.2) is 10.9 Å². The van der Waals surface area contributed by atoms with Crippen LogP contribution in [0, 0.1) is 13.8 Å². The Morgan fingerprint density at radius 3 is 2.55 bits per heavy atom. The first-order valence-corrected chi connectivity index (χ1v) is 7.34. The van der Waals surface area contributed by atoms with Crippen LogP contribution in [0.2, 0.25) is 0 Å². The molecule has 0 atom stereocenters. The molecule has 0 aliphatic rings. The van der Waals surface area contributed by atoms with E-state index in [2.05, 4.69) is 42.3 Å². The van der Waals surface area contributed by atoms with Gasteiger partial charge >= 0.3 is 0 Å². The number of benzene rings is 2. The van der Waals surface area contributed by atoms with Crippen molar-refractivity contribution >= 4 is 22.7 Å². The molecule has 1 heterocycles. The minimum atomic E-state index is -0.0163. The van der Waals surface area contributed by atoms with Gasteiger partial charge in [0.05, 0.1) is 0 Å². The van der Waals surface area contributed by atoms with E-state index in [1.54, 1.807) is 0 Å². The van der Waals surface area contributed by atoms with Gasteiger partial charge in [0, 0.05) is 17.7 Å². The highest BCUT2D eigenvalue weighted by molar-refractivity contribution is 5.92. The maximum Gasteiger partial charge on any atom is 0.227 e. The van der Waals surface area contributed by atoms with E-state index < -0.39 is 0 Å². The third-order valence-electron chi connectivity index (χ3n) is 3.46. The summed E-state index contributed by atoms with van der Waals surface area (Å²) in [5.41, 5.74) is 5.50. The van der Waals surface area contributed by atoms with E-state index in [0.29, 0.717) is 17.9 Å². The SMILES string of the molecule is CCC(=O)Nc1ccc2oc(-c3cc(C)cc(C)c3)nc2c1. The molecular weight excluding hydrogens is 276 g/mol. The second kappa shape index (κ2) is 5.64. The van der Waals surface area contributed by atoms with Crippen LogP contribution < -0.4 is 5.32 Å². The second-order valence-electron chi connectivity index (χ2n) is 5.48. The summed E-state index contributed by atoms with van der Waals surface area (Å²) in [7, 11) is 0. The van der Waals surface area contributed by atoms with Crippen LogP contribution in [0.4, 0.5) is 5.69 Å². The number of nitrogens with one attached hydrogen (secondary N) is 1. The first-order chi connectivity index (χ1) is 10.5. The molecule has 1 aromatic heterocycles. The van der Waals surface area contributed by atoms with Crippen molar-refractivity contribution in [1.82, 2.24) is 4.98 Å². The average molecular weight is 294 g/mol. The van der Waals surface area contributed by atoms with Crippen LogP contribution in [0.25, 0.3) is 22.6 Å². The number of oxazole rings is 1. The van der Waals surface area contributed by atoms with Crippen molar-refractivity contribution in [3.05, 3.63) is 47.5 Å². The molecule has 0 aliphatic carbocycles. The number of hydrogen-bond donors (Lipinski definition) is 1. The van der Waals surface area contributed by atoms with Gasteiger partial charge in [-0.1, -0.05) is 24.1 Å². The lowest BCUT2D eigenvalue weighted by molar-refractivity contribution is -0.115. The monoisotopic (exact) mass is 294 g/mol. The van der Waals surface area contributed by atoms with Gasteiger partial charge in [-0.3, -0.25) is 4.79 Å². The Bertz CT molecular complexity index is 829. The van der Waals surface area contributed by atoms with E-state index in [4.69, 9.17) is 4.42 Å². The minimum absolute atomic E-state index is 0.0163. The smallest absolute Gasteiger partial charge is 0.227 e. The van der Waals surface area contributed by atoms with Crippen molar-refractivity contribution in [3.8, 4) is 11.5 Å². The molecule has 3 rings (SSSR count). The first-order valence-electron chi connectivity index (χ1n) is 7.34. The fourth-order valence-corrected chi connectivity index (χ4v) is 2.48. The number of carbonyl (C=O) groups excluding carboxylic acids is 1. The molecule has 3 aromatic rings. The number of hydrogen-bond acceptors (Lipinski definition) is 3. The summed E-state index contributed by atoms with van der Waals surface area (Å²) < 4.78 is 5.83.